The van der Waals surface area contributed by atoms with E-state index in [-0.39, 0.29) is 5.91 Å². The average molecular weight is 325 g/mol. The number of carbonyl (C=O) groups excluding carboxylic acids is 1. The Labute approximate surface area is 132 Å². The highest BCUT2D eigenvalue weighted by atomic mass is 35.5. The van der Waals surface area contributed by atoms with E-state index in [9.17, 15) is 4.79 Å². The number of aryl methyl sites for hydroxylation is 1. The first-order valence-corrected chi connectivity index (χ1v) is 7.54. The molecule has 1 N–H and O–H groups in total. The van der Waals surface area contributed by atoms with E-state index in [1.165, 1.54) is 0 Å². The number of fused-ring (bicyclic) bond motifs is 1. The van der Waals surface area contributed by atoms with Gasteiger partial charge < -0.3 is 9.84 Å². The van der Waals surface area contributed by atoms with Gasteiger partial charge in [0.25, 0.3) is 5.91 Å². The van der Waals surface area contributed by atoms with Gasteiger partial charge in [-0.3, -0.25) is 4.79 Å². The molecule has 1 aromatic carbocycles. The maximum atomic E-state index is 12.4. The lowest BCUT2D eigenvalue weighted by molar-refractivity contribution is 0.101. The van der Waals surface area contributed by atoms with E-state index in [4.69, 9.17) is 27.7 Å². The fourth-order valence-corrected chi connectivity index (χ4v) is 2.87. The molecule has 21 heavy (non-hydrogen) atoms. The second kappa shape index (κ2) is 5.70. The summed E-state index contributed by atoms with van der Waals surface area (Å²) in [5.74, 6) is 1.02. The molecule has 1 aliphatic rings. The number of aromatic nitrogens is 1. The van der Waals surface area contributed by atoms with E-state index >= 15 is 0 Å². The van der Waals surface area contributed by atoms with Crippen LogP contribution in [-0.4, -0.2) is 11.1 Å². The predicted molar refractivity (Wildman–Crippen MR) is 82.1 cm³/mol. The predicted octanol–water partition coefficient (Wildman–Crippen LogP) is 4.36. The van der Waals surface area contributed by atoms with Crippen LogP contribution in [0, 0.1) is 5.92 Å². The number of benzene rings is 1. The number of hydrogen-bond acceptors (Lipinski definition) is 3. The number of rotatable bonds is 2. The smallest absolute Gasteiger partial charge is 0.278 e. The standard InChI is InChI=1S/C15H14Cl2N2O2/c1-8-2-5-13-10(6-8)14(19-21-13)15(20)18-12-7-9(16)3-4-11(12)17/h3-4,7-8H,2,5-6H2,1H3,(H,18,20)/t8-/m1/s1. The van der Waals surface area contributed by atoms with Crippen LogP contribution < -0.4 is 5.32 Å². The summed E-state index contributed by atoms with van der Waals surface area (Å²) >= 11 is 12.0. The fourth-order valence-electron chi connectivity index (χ4n) is 2.53. The minimum Gasteiger partial charge on any atom is -0.360 e. The molecular formula is C15H14Cl2N2O2. The lowest BCUT2D eigenvalue weighted by Crippen LogP contribution is -2.18. The van der Waals surface area contributed by atoms with Crippen LogP contribution in [0.25, 0.3) is 0 Å². The van der Waals surface area contributed by atoms with Crippen LogP contribution in [0.5, 0.6) is 0 Å². The molecule has 0 fully saturated rings. The molecule has 1 aliphatic carbocycles. The molecule has 0 bridgehead atoms. The van der Waals surface area contributed by atoms with Gasteiger partial charge >= 0.3 is 0 Å². The van der Waals surface area contributed by atoms with Crippen molar-refractivity contribution >= 4 is 34.8 Å². The van der Waals surface area contributed by atoms with Crippen molar-refractivity contribution in [3.05, 3.63) is 45.3 Å². The highest BCUT2D eigenvalue weighted by molar-refractivity contribution is 6.35. The molecule has 0 aliphatic heterocycles. The van der Waals surface area contributed by atoms with Crippen LogP contribution in [-0.2, 0) is 12.8 Å². The van der Waals surface area contributed by atoms with Gasteiger partial charge in [-0.1, -0.05) is 35.3 Å². The molecule has 0 saturated heterocycles. The van der Waals surface area contributed by atoms with Gasteiger partial charge in [0.2, 0.25) is 0 Å². The van der Waals surface area contributed by atoms with Crippen LogP contribution in [0.3, 0.4) is 0 Å². The van der Waals surface area contributed by atoms with Crippen LogP contribution in [0.2, 0.25) is 10.0 Å². The summed E-state index contributed by atoms with van der Waals surface area (Å²) in [6.45, 7) is 2.16. The van der Waals surface area contributed by atoms with E-state index in [1.54, 1.807) is 18.2 Å². The first-order chi connectivity index (χ1) is 10.0. The zero-order chi connectivity index (χ0) is 15.0. The maximum absolute atomic E-state index is 12.4. The van der Waals surface area contributed by atoms with Crippen molar-refractivity contribution in [2.24, 2.45) is 5.92 Å². The molecule has 0 spiro atoms. The Morgan fingerprint density at radius 3 is 3.05 bits per heavy atom. The van der Waals surface area contributed by atoms with Gasteiger partial charge in [0.05, 0.1) is 10.7 Å². The first kappa shape index (κ1) is 14.4. The van der Waals surface area contributed by atoms with Crippen LogP contribution in [0.15, 0.2) is 22.7 Å². The molecule has 110 valence electrons. The number of amides is 1. The SMILES string of the molecule is C[C@@H]1CCc2onc(C(=O)Nc3cc(Cl)ccc3Cl)c2C1. The van der Waals surface area contributed by atoms with Crippen LogP contribution in [0.4, 0.5) is 5.69 Å². The highest BCUT2D eigenvalue weighted by Crippen LogP contribution is 2.30. The van der Waals surface area contributed by atoms with Gasteiger partial charge in [-0.25, -0.2) is 0 Å². The zero-order valence-electron chi connectivity index (χ0n) is 11.5. The zero-order valence-corrected chi connectivity index (χ0v) is 13.0. The summed E-state index contributed by atoms with van der Waals surface area (Å²) < 4.78 is 5.28. The van der Waals surface area contributed by atoms with Crippen molar-refractivity contribution in [2.45, 2.75) is 26.2 Å². The van der Waals surface area contributed by atoms with Crippen LogP contribution >= 0.6 is 23.2 Å². The minimum absolute atomic E-state index is 0.321. The normalized spacial score (nSPS) is 17.4. The lowest BCUT2D eigenvalue weighted by Gasteiger charge is -2.16. The minimum atomic E-state index is -0.321. The Bertz CT molecular complexity index is 697. The number of anilines is 1. The number of nitrogens with zero attached hydrogens (tertiary/aromatic N) is 1. The summed E-state index contributed by atoms with van der Waals surface area (Å²) in [4.78, 5) is 12.4. The van der Waals surface area contributed by atoms with Crippen molar-refractivity contribution < 1.29 is 9.32 Å². The average Bonchev–Trinajstić information content (AvgIpc) is 2.85. The van der Waals surface area contributed by atoms with Crippen molar-refractivity contribution in [1.82, 2.24) is 5.16 Å². The number of hydrogen-bond donors (Lipinski definition) is 1. The number of carbonyl (C=O) groups is 1. The van der Waals surface area contributed by atoms with Gasteiger partial charge in [-0.15, -0.1) is 0 Å². The Morgan fingerprint density at radius 2 is 2.24 bits per heavy atom. The highest BCUT2D eigenvalue weighted by Gasteiger charge is 2.27. The van der Waals surface area contributed by atoms with E-state index in [1.807, 2.05) is 0 Å². The second-order valence-corrected chi connectivity index (χ2v) is 6.20. The quantitative estimate of drug-likeness (QED) is 0.892. The van der Waals surface area contributed by atoms with Crippen molar-refractivity contribution in [1.29, 1.82) is 0 Å². The molecule has 4 nitrogen and oxygen atoms in total. The third-order valence-electron chi connectivity index (χ3n) is 3.68. The van der Waals surface area contributed by atoms with Gasteiger partial charge in [0, 0.05) is 17.0 Å². The topological polar surface area (TPSA) is 55.1 Å². The lowest BCUT2D eigenvalue weighted by atomic mass is 9.88. The summed E-state index contributed by atoms with van der Waals surface area (Å²) in [6, 6.07) is 4.91. The second-order valence-electron chi connectivity index (χ2n) is 5.36. The Kier molecular flexibility index (Phi) is 3.91. The van der Waals surface area contributed by atoms with Gasteiger partial charge in [-0.2, -0.15) is 0 Å². The molecule has 0 saturated carbocycles. The summed E-state index contributed by atoms with van der Waals surface area (Å²) in [5.41, 5.74) is 1.71. The molecule has 1 atom stereocenters. The third-order valence-corrected chi connectivity index (χ3v) is 4.24. The third kappa shape index (κ3) is 2.92. The van der Waals surface area contributed by atoms with Crippen molar-refractivity contribution in [2.75, 3.05) is 5.32 Å². The molecular weight excluding hydrogens is 311 g/mol. The Morgan fingerprint density at radius 1 is 1.43 bits per heavy atom. The molecule has 0 radical (unpaired) electrons. The largest absolute Gasteiger partial charge is 0.360 e. The number of halogens is 2. The molecule has 1 aromatic heterocycles. The van der Waals surface area contributed by atoms with Gasteiger partial charge in [-0.05, 0) is 37.0 Å². The summed E-state index contributed by atoms with van der Waals surface area (Å²) in [7, 11) is 0. The van der Waals surface area contributed by atoms with Gasteiger partial charge in [0.1, 0.15) is 5.76 Å². The number of nitrogens with one attached hydrogen (secondary N) is 1. The van der Waals surface area contributed by atoms with Crippen molar-refractivity contribution in [3.63, 3.8) is 0 Å². The molecule has 0 unspecified atom stereocenters. The monoisotopic (exact) mass is 324 g/mol. The Hall–Kier alpha value is -1.52. The molecule has 1 amide bonds. The maximum Gasteiger partial charge on any atom is 0.278 e. The first-order valence-electron chi connectivity index (χ1n) is 6.78. The summed E-state index contributed by atoms with van der Waals surface area (Å²) in [5, 5.41) is 7.59. The molecule has 6 heteroatoms. The summed E-state index contributed by atoms with van der Waals surface area (Å²) in [6.07, 6.45) is 2.70. The molecule has 1 heterocycles. The van der Waals surface area contributed by atoms with Gasteiger partial charge in [0.15, 0.2) is 5.69 Å². The molecule has 3 rings (SSSR count). The van der Waals surface area contributed by atoms with E-state index in [0.717, 1.165) is 30.6 Å². The van der Waals surface area contributed by atoms with Crippen molar-refractivity contribution in [3.8, 4) is 0 Å². The van der Waals surface area contributed by atoms with E-state index < -0.39 is 0 Å². The molecule has 2 aromatic rings. The van der Waals surface area contributed by atoms with E-state index in [0.29, 0.717) is 27.3 Å². The fraction of sp³-hybridized carbons (Fsp3) is 0.333. The van der Waals surface area contributed by atoms with Crippen LogP contribution in [0.1, 0.15) is 35.2 Å². The van der Waals surface area contributed by atoms with E-state index in [2.05, 4.69) is 17.4 Å². The Balaban J connectivity index is 1.86.